The lowest BCUT2D eigenvalue weighted by atomic mass is 10.9. The van der Waals surface area contributed by atoms with E-state index in [4.69, 9.17) is 0 Å². The lowest BCUT2D eigenvalue weighted by Crippen LogP contribution is -1.83. The Balaban J connectivity index is 2.96. The second kappa shape index (κ2) is 1.55. The molecule has 0 aliphatic rings. The first-order chi connectivity index (χ1) is 3.43. The fourth-order valence-corrected chi connectivity index (χ4v) is 0.315. The summed E-state index contributed by atoms with van der Waals surface area (Å²) in [6.45, 7) is 3.46. The molecule has 0 aliphatic carbocycles. The van der Waals surface area contributed by atoms with Gasteiger partial charge in [0.1, 0.15) is 0 Å². The summed E-state index contributed by atoms with van der Waals surface area (Å²) < 4.78 is 1.53. The normalized spacial score (nSPS) is 8.57. The van der Waals surface area contributed by atoms with E-state index in [0.717, 1.165) is 0 Å². The van der Waals surface area contributed by atoms with Crippen LogP contribution in [0.15, 0.2) is 19.0 Å². The van der Waals surface area contributed by atoms with Gasteiger partial charge in [-0.25, -0.2) is 4.68 Å². The van der Waals surface area contributed by atoms with Gasteiger partial charge in [-0.15, -0.1) is 5.10 Å². The maximum Gasteiger partial charge on any atom is 0.0697 e. The third kappa shape index (κ3) is 0.652. The minimum Gasteiger partial charge on any atom is -0.229 e. The summed E-state index contributed by atoms with van der Waals surface area (Å²) in [5.74, 6) is 0. The van der Waals surface area contributed by atoms with Crippen molar-refractivity contribution in [3.05, 3.63) is 19.0 Å². The molecule has 0 radical (unpaired) electrons. The summed E-state index contributed by atoms with van der Waals surface area (Å²) in [6.07, 6.45) is 4.89. The SMILES string of the molecule is C=Cn1ccnn1. The van der Waals surface area contributed by atoms with Crippen LogP contribution in [0.5, 0.6) is 0 Å². The molecule has 0 amide bonds. The van der Waals surface area contributed by atoms with E-state index in [0.29, 0.717) is 0 Å². The average Bonchev–Trinajstić information content (AvgIpc) is 2.14. The molecule has 0 aromatic carbocycles. The second-order valence-electron chi connectivity index (χ2n) is 1.07. The lowest BCUT2D eigenvalue weighted by molar-refractivity contribution is 0.842. The molecule has 0 aliphatic heterocycles. The molecule has 0 atom stereocenters. The van der Waals surface area contributed by atoms with E-state index in [2.05, 4.69) is 16.9 Å². The summed E-state index contributed by atoms with van der Waals surface area (Å²) in [6, 6.07) is 0. The molecule has 0 unspecified atom stereocenters. The van der Waals surface area contributed by atoms with E-state index < -0.39 is 0 Å². The number of nitrogens with zero attached hydrogens (tertiary/aromatic N) is 3. The molecule has 1 heterocycles. The largest absolute Gasteiger partial charge is 0.229 e. The van der Waals surface area contributed by atoms with Crippen LogP contribution in [0, 0.1) is 0 Å². The molecule has 36 valence electrons. The Morgan fingerprint density at radius 3 is 2.86 bits per heavy atom. The molecule has 0 bridgehead atoms. The highest BCUT2D eigenvalue weighted by molar-refractivity contribution is 5.10. The van der Waals surface area contributed by atoms with E-state index in [-0.39, 0.29) is 0 Å². The fraction of sp³-hybridized carbons (Fsp3) is 0. The minimum absolute atomic E-state index is 1.53. The van der Waals surface area contributed by atoms with Crippen LogP contribution >= 0.6 is 0 Å². The standard InChI is InChI=1S/C4H5N3/c1-2-7-4-3-5-6-7/h2-4H,1H2. The predicted octanol–water partition coefficient (Wildman–Crippen LogP) is 0.379. The predicted molar refractivity (Wildman–Crippen MR) is 26.4 cm³/mol. The zero-order chi connectivity index (χ0) is 5.11. The summed E-state index contributed by atoms with van der Waals surface area (Å²) in [5.41, 5.74) is 0. The average molecular weight is 95.1 g/mol. The van der Waals surface area contributed by atoms with E-state index in [1.807, 2.05) is 0 Å². The Kier molecular flexibility index (Phi) is 0.898. The Morgan fingerprint density at radius 2 is 2.57 bits per heavy atom. The van der Waals surface area contributed by atoms with Gasteiger partial charge >= 0.3 is 0 Å². The van der Waals surface area contributed by atoms with Crippen LogP contribution in [0.4, 0.5) is 0 Å². The summed E-state index contributed by atoms with van der Waals surface area (Å²) >= 11 is 0. The highest BCUT2D eigenvalue weighted by Crippen LogP contribution is 1.75. The van der Waals surface area contributed by atoms with Crippen LogP contribution < -0.4 is 0 Å². The smallest absolute Gasteiger partial charge is 0.0697 e. The highest BCUT2D eigenvalue weighted by atomic mass is 15.4. The second-order valence-corrected chi connectivity index (χ2v) is 1.07. The molecule has 3 nitrogen and oxygen atoms in total. The van der Waals surface area contributed by atoms with Crippen LogP contribution in [0.2, 0.25) is 0 Å². The fourth-order valence-electron chi connectivity index (χ4n) is 0.315. The van der Waals surface area contributed by atoms with Crippen molar-refractivity contribution >= 4 is 6.20 Å². The van der Waals surface area contributed by atoms with Gasteiger partial charge in [-0.05, 0) is 0 Å². The number of hydrogen-bond acceptors (Lipinski definition) is 2. The highest BCUT2D eigenvalue weighted by Gasteiger charge is 1.74. The third-order valence-corrected chi connectivity index (χ3v) is 0.628. The van der Waals surface area contributed by atoms with Crippen molar-refractivity contribution in [1.82, 2.24) is 15.0 Å². The van der Waals surface area contributed by atoms with Crippen LogP contribution in [-0.4, -0.2) is 15.0 Å². The zero-order valence-corrected chi connectivity index (χ0v) is 3.78. The molecule has 1 rings (SSSR count). The van der Waals surface area contributed by atoms with Gasteiger partial charge in [-0.1, -0.05) is 11.8 Å². The zero-order valence-electron chi connectivity index (χ0n) is 3.78. The van der Waals surface area contributed by atoms with Crippen molar-refractivity contribution in [2.24, 2.45) is 0 Å². The third-order valence-electron chi connectivity index (χ3n) is 0.628. The van der Waals surface area contributed by atoms with Crippen molar-refractivity contribution in [2.75, 3.05) is 0 Å². The molecule has 3 heteroatoms. The molecule has 7 heavy (non-hydrogen) atoms. The van der Waals surface area contributed by atoms with Crippen LogP contribution in [0.25, 0.3) is 6.20 Å². The van der Waals surface area contributed by atoms with Crippen molar-refractivity contribution in [3.8, 4) is 0 Å². The van der Waals surface area contributed by atoms with Gasteiger partial charge < -0.3 is 0 Å². The maximum atomic E-state index is 3.58. The van der Waals surface area contributed by atoms with E-state index >= 15 is 0 Å². The topological polar surface area (TPSA) is 30.7 Å². The molecule has 1 aromatic rings. The Morgan fingerprint density at radius 1 is 1.71 bits per heavy atom. The molecule has 0 saturated carbocycles. The first-order valence-corrected chi connectivity index (χ1v) is 1.92. The van der Waals surface area contributed by atoms with Crippen molar-refractivity contribution in [1.29, 1.82) is 0 Å². The minimum atomic E-state index is 1.53. The monoisotopic (exact) mass is 95.0 g/mol. The molecule has 0 N–H and O–H groups in total. The first-order valence-electron chi connectivity index (χ1n) is 1.92. The summed E-state index contributed by atoms with van der Waals surface area (Å²) in [4.78, 5) is 0. The van der Waals surface area contributed by atoms with E-state index in [9.17, 15) is 0 Å². The van der Waals surface area contributed by atoms with Gasteiger partial charge in [0.25, 0.3) is 0 Å². The summed E-state index contributed by atoms with van der Waals surface area (Å²) in [7, 11) is 0. The van der Waals surface area contributed by atoms with Crippen LogP contribution in [-0.2, 0) is 0 Å². The van der Waals surface area contributed by atoms with Gasteiger partial charge in [0.05, 0.1) is 12.4 Å². The Bertz CT molecular complexity index is 142. The van der Waals surface area contributed by atoms with Gasteiger partial charge in [-0.2, -0.15) is 0 Å². The summed E-state index contributed by atoms with van der Waals surface area (Å²) in [5, 5.41) is 7.12. The van der Waals surface area contributed by atoms with Crippen molar-refractivity contribution < 1.29 is 0 Å². The number of rotatable bonds is 1. The van der Waals surface area contributed by atoms with Crippen molar-refractivity contribution in [2.45, 2.75) is 0 Å². The molecular weight excluding hydrogens is 90.1 g/mol. The molecular formula is C4H5N3. The van der Waals surface area contributed by atoms with Gasteiger partial charge in [0, 0.05) is 6.20 Å². The molecule has 0 saturated heterocycles. The van der Waals surface area contributed by atoms with Gasteiger partial charge in [-0.3, -0.25) is 0 Å². The van der Waals surface area contributed by atoms with Crippen LogP contribution in [0.3, 0.4) is 0 Å². The molecule has 1 aromatic heterocycles. The quantitative estimate of drug-likeness (QED) is 0.504. The van der Waals surface area contributed by atoms with E-state index in [1.165, 1.54) is 4.68 Å². The van der Waals surface area contributed by atoms with Gasteiger partial charge in [0.15, 0.2) is 0 Å². The number of hydrogen-bond donors (Lipinski definition) is 0. The first kappa shape index (κ1) is 4.05. The Labute approximate surface area is 41.3 Å². The molecule has 0 fully saturated rings. The van der Waals surface area contributed by atoms with Crippen molar-refractivity contribution in [3.63, 3.8) is 0 Å². The maximum absolute atomic E-state index is 3.58. The lowest BCUT2D eigenvalue weighted by Gasteiger charge is -1.78. The molecule has 0 spiro atoms. The van der Waals surface area contributed by atoms with Crippen LogP contribution in [0.1, 0.15) is 0 Å². The van der Waals surface area contributed by atoms with Gasteiger partial charge in [0.2, 0.25) is 0 Å². The van der Waals surface area contributed by atoms with E-state index in [1.54, 1.807) is 18.6 Å². The Hall–Kier alpha value is -1.12. The number of aromatic nitrogens is 3.